The molecule has 0 radical (unpaired) electrons. The number of fused-ring (bicyclic) bond motifs is 1. The number of nitrogens with zero attached hydrogens (tertiary/aromatic N) is 2. The summed E-state index contributed by atoms with van der Waals surface area (Å²) >= 11 is 0. The fourth-order valence-electron chi connectivity index (χ4n) is 2.97. The molecule has 24 heavy (non-hydrogen) atoms. The van der Waals surface area contributed by atoms with Crippen LogP contribution in [0.15, 0.2) is 30.5 Å². The van der Waals surface area contributed by atoms with Crippen LogP contribution in [-0.4, -0.2) is 26.9 Å². The Kier molecular flexibility index (Phi) is 4.50. The van der Waals surface area contributed by atoms with Crippen molar-refractivity contribution in [1.29, 1.82) is 0 Å². The van der Waals surface area contributed by atoms with Crippen LogP contribution in [0.2, 0.25) is 0 Å². The van der Waals surface area contributed by atoms with Crippen molar-refractivity contribution in [2.45, 2.75) is 31.8 Å². The van der Waals surface area contributed by atoms with Crippen LogP contribution >= 0.6 is 0 Å². The first-order valence-corrected chi connectivity index (χ1v) is 7.92. The van der Waals surface area contributed by atoms with Gasteiger partial charge in [-0.05, 0) is 37.0 Å². The monoisotopic (exact) mass is 328 g/mol. The van der Waals surface area contributed by atoms with Crippen LogP contribution in [0.1, 0.15) is 46.1 Å². The quantitative estimate of drug-likeness (QED) is 0.800. The molecule has 0 spiro atoms. The van der Waals surface area contributed by atoms with Gasteiger partial charge in [0, 0.05) is 25.4 Å². The second-order valence-corrected chi connectivity index (χ2v) is 5.98. The van der Waals surface area contributed by atoms with Crippen LogP contribution in [0.25, 0.3) is 0 Å². The Bertz CT molecular complexity index is 752. The topological polar surface area (TPSA) is 96.3 Å². The minimum Gasteiger partial charge on any atom is -0.478 e. The number of aryl methyl sites for hydroxylation is 2. The molecule has 1 aromatic carbocycles. The SMILES string of the molecule is Cn1cc2c(n1)CCCC2NC(=O)NCc1ccc(C(=O)O)cc1. The standard InChI is InChI=1S/C17H20N4O3/c1-21-10-13-14(3-2-4-15(13)20-21)19-17(24)18-9-11-5-7-12(8-6-11)16(22)23/h5-8,10,14H,2-4,9H2,1H3,(H,22,23)(H2,18,19,24). The molecule has 3 N–H and O–H groups in total. The maximum absolute atomic E-state index is 12.1. The van der Waals surface area contributed by atoms with Gasteiger partial charge in [0.2, 0.25) is 0 Å². The lowest BCUT2D eigenvalue weighted by atomic mass is 9.93. The summed E-state index contributed by atoms with van der Waals surface area (Å²) in [6.07, 6.45) is 4.82. The fourth-order valence-corrected chi connectivity index (χ4v) is 2.97. The van der Waals surface area contributed by atoms with Crippen molar-refractivity contribution in [3.63, 3.8) is 0 Å². The van der Waals surface area contributed by atoms with E-state index in [1.165, 1.54) is 12.1 Å². The number of rotatable bonds is 4. The average Bonchev–Trinajstić information content (AvgIpc) is 2.95. The number of amides is 2. The van der Waals surface area contributed by atoms with Gasteiger partial charge in [0.15, 0.2) is 0 Å². The highest BCUT2D eigenvalue weighted by molar-refractivity contribution is 5.87. The van der Waals surface area contributed by atoms with Crippen molar-refractivity contribution in [1.82, 2.24) is 20.4 Å². The van der Waals surface area contributed by atoms with Gasteiger partial charge in [-0.2, -0.15) is 5.10 Å². The number of hydrogen-bond acceptors (Lipinski definition) is 3. The number of urea groups is 1. The van der Waals surface area contributed by atoms with Crippen molar-refractivity contribution >= 4 is 12.0 Å². The number of carboxylic acids is 1. The molecule has 7 nitrogen and oxygen atoms in total. The molecule has 3 rings (SSSR count). The Morgan fingerprint density at radius 3 is 2.79 bits per heavy atom. The molecule has 1 unspecified atom stereocenters. The molecule has 1 atom stereocenters. The van der Waals surface area contributed by atoms with E-state index < -0.39 is 5.97 Å². The van der Waals surface area contributed by atoms with Gasteiger partial charge in [0.25, 0.3) is 0 Å². The van der Waals surface area contributed by atoms with Gasteiger partial charge in [-0.3, -0.25) is 4.68 Å². The Morgan fingerprint density at radius 1 is 1.33 bits per heavy atom. The third-order valence-electron chi connectivity index (χ3n) is 4.18. The molecular weight excluding hydrogens is 308 g/mol. The first-order valence-electron chi connectivity index (χ1n) is 7.92. The molecule has 0 fully saturated rings. The highest BCUT2D eigenvalue weighted by atomic mass is 16.4. The smallest absolute Gasteiger partial charge is 0.335 e. The van der Waals surface area contributed by atoms with Crippen LogP contribution in [0, 0.1) is 0 Å². The van der Waals surface area contributed by atoms with Crippen LogP contribution in [0.3, 0.4) is 0 Å². The maximum Gasteiger partial charge on any atom is 0.335 e. The summed E-state index contributed by atoms with van der Waals surface area (Å²) in [4.78, 5) is 22.9. The summed E-state index contributed by atoms with van der Waals surface area (Å²) in [5.74, 6) is -0.961. The molecule has 2 aromatic rings. The van der Waals surface area contributed by atoms with Gasteiger partial charge in [0.1, 0.15) is 0 Å². The van der Waals surface area contributed by atoms with Gasteiger partial charge in [0.05, 0.1) is 17.3 Å². The molecule has 2 amide bonds. The second-order valence-electron chi connectivity index (χ2n) is 5.98. The highest BCUT2D eigenvalue weighted by Gasteiger charge is 2.24. The zero-order valence-electron chi connectivity index (χ0n) is 13.5. The number of benzene rings is 1. The lowest BCUT2D eigenvalue weighted by Gasteiger charge is -2.22. The minimum atomic E-state index is -0.961. The molecule has 7 heteroatoms. The van der Waals surface area contributed by atoms with Crippen molar-refractivity contribution < 1.29 is 14.7 Å². The summed E-state index contributed by atoms with van der Waals surface area (Å²) in [7, 11) is 1.89. The zero-order chi connectivity index (χ0) is 17.1. The number of nitrogens with one attached hydrogen (secondary N) is 2. The van der Waals surface area contributed by atoms with Crippen molar-refractivity contribution in [2.75, 3.05) is 0 Å². The Morgan fingerprint density at radius 2 is 2.08 bits per heavy atom. The van der Waals surface area contributed by atoms with E-state index in [1.807, 2.05) is 13.2 Å². The molecule has 0 bridgehead atoms. The average molecular weight is 328 g/mol. The normalized spacial score (nSPS) is 16.3. The Labute approximate surface area is 139 Å². The minimum absolute atomic E-state index is 0.0168. The maximum atomic E-state index is 12.1. The summed E-state index contributed by atoms with van der Waals surface area (Å²) in [6, 6.07) is 6.20. The molecule has 0 saturated carbocycles. The fraction of sp³-hybridized carbons (Fsp3) is 0.353. The van der Waals surface area contributed by atoms with E-state index in [1.54, 1.807) is 16.8 Å². The van der Waals surface area contributed by atoms with Gasteiger partial charge in [-0.1, -0.05) is 12.1 Å². The van der Waals surface area contributed by atoms with E-state index in [9.17, 15) is 9.59 Å². The predicted molar refractivity (Wildman–Crippen MR) is 87.7 cm³/mol. The lowest BCUT2D eigenvalue weighted by Crippen LogP contribution is -2.38. The molecule has 1 heterocycles. The molecular formula is C17H20N4O3. The van der Waals surface area contributed by atoms with Gasteiger partial charge < -0.3 is 15.7 Å². The van der Waals surface area contributed by atoms with Crippen LogP contribution in [0.5, 0.6) is 0 Å². The van der Waals surface area contributed by atoms with Crippen molar-refractivity contribution in [3.8, 4) is 0 Å². The number of hydrogen-bond donors (Lipinski definition) is 3. The van der Waals surface area contributed by atoms with Gasteiger partial charge >= 0.3 is 12.0 Å². The highest BCUT2D eigenvalue weighted by Crippen LogP contribution is 2.28. The van der Waals surface area contributed by atoms with E-state index in [0.717, 1.165) is 36.1 Å². The molecule has 0 saturated heterocycles. The van der Waals surface area contributed by atoms with E-state index in [2.05, 4.69) is 15.7 Å². The Hall–Kier alpha value is -2.83. The molecule has 0 aliphatic heterocycles. The summed E-state index contributed by atoms with van der Waals surface area (Å²) in [5.41, 5.74) is 3.22. The Balaban J connectivity index is 1.55. The van der Waals surface area contributed by atoms with Gasteiger partial charge in [-0.25, -0.2) is 9.59 Å². The van der Waals surface area contributed by atoms with E-state index in [4.69, 9.17) is 5.11 Å². The molecule has 1 aliphatic carbocycles. The predicted octanol–water partition coefficient (Wildman–Crippen LogP) is 2.00. The third kappa shape index (κ3) is 3.56. The number of carbonyl (C=O) groups excluding carboxylic acids is 1. The van der Waals surface area contributed by atoms with Crippen LogP contribution in [0.4, 0.5) is 4.79 Å². The van der Waals surface area contributed by atoms with E-state index in [0.29, 0.717) is 6.54 Å². The number of aromatic carboxylic acids is 1. The van der Waals surface area contributed by atoms with Crippen molar-refractivity contribution in [2.24, 2.45) is 7.05 Å². The lowest BCUT2D eigenvalue weighted by molar-refractivity contribution is 0.0697. The summed E-state index contributed by atoms with van der Waals surface area (Å²) < 4.78 is 1.78. The number of carbonyl (C=O) groups is 2. The summed E-state index contributed by atoms with van der Waals surface area (Å²) in [6.45, 7) is 0.346. The zero-order valence-corrected chi connectivity index (χ0v) is 13.5. The second kappa shape index (κ2) is 6.74. The van der Waals surface area contributed by atoms with Crippen molar-refractivity contribution in [3.05, 3.63) is 52.8 Å². The summed E-state index contributed by atoms with van der Waals surface area (Å²) in [5, 5.41) is 19.1. The molecule has 126 valence electrons. The largest absolute Gasteiger partial charge is 0.478 e. The van der Waals surface area contributed by atoms with E-state index in [-0.39, 0.29) is 17.6 Å². The molecule has 1 aliphatic rings. The van der Waals surface area contributed by atoms with Crippen LogP contribution in [-0.2, 0) is 20.0 Å². The third-order valence-corrected chi connectivity index (χ3v) is 4.18. The van der Waals surface area contributed by atoms with Crippen LogP contribution < -0.4 is 10.6 Å². The number of carboxylic acid groups (broad SMARTS) is 1. The first-order chi connectivity index (χ1) is 11.5. The first kappa shape index (κ1) is 16.0. The van der Waals surface area contributed by atoms with E-state index >= 15 is 0 Å². The molecule has 1 aromatic heterocycles. The number of aromatic nitrogens is 2. The van der Waals surface area contributed by atoms with Gasteiger partial charge in [-0.15, -0.1) is 0 Å².